The van der Waals surface area contributed by atoms with Gasteiger partial charge < -0.3 is 5.32 Å². The lowest BCUT2D eigenvalue weighted by atomic mass is 10.1. The Morgan fingerprint density at radius 1 is 1.14 bits per heavy atom. The van der Waals surface area contributed by atoms with Crippen molar-refractivity contribution in [3.8, 4) is 0 Å². The average Bonchev–Trinajstić information content (AvgIpc) is 3.33. The maximum absolute atomic E-state index is 12.5. The van der Waals surface area contributed by atoms with Crippen LogP contribution in [0.5, 0.6) is 0 Å². The Morgan fingerprint density at radius 3 is 2.66 bits per heavy atom. The number of nitrogens with one attached hydrogen (secondary N) is 3. The molecule has 7 nitrogen and oxygen atoms in total. The minimum absolute atomic E-state index is 0.139. The summed E-state index contributed by atoms with van der Waals surface area (Å²) in [5.74, 6) is -2.70. The lowest BCUT2D eigenvalue weighted by Gasteiger charge is -2.07. The molecule has 0 aliphatic heterocycles. The third-order valence-corrected chi connectivity index (χ3v) is 4.73. The molecule has 29 heavy (non-hydrogen) atoms. The van der Waals surface area contributed by atoms with Crippen LogP contribution in [0.15, 0.2) is 41.8 Å². The van der Waals surface area contributed by atoms with Gasteiger partial charge in [-0.1, -0.05) is 12.1 Å². The van der Waals surface area contributed by atoms with Crippen molar-refractivity contribution in [1.82, 2.24) is 15.2 Å². The van der Waals surface area contributed by atoms with Gasteiger partial charge >= 0.3 is 6.18 Å². The number of H-pyrrole nitrogens is 1. The highest BCUT2D eigenvalue weighted by Crippen LogP contribution is 2.26. The molecule has 0 saturated carbocycles. The van der Waals surface area contributed by atoms with Gasteiger partial charge in [0.05, 0.1) is 0 Å². The number of halogens is 3. The van der Waals surface area contributed by atoms with E-state index in [1.165, 1.54) is 17.0 Å². The second-order valence-electron chi connectivity index (χ2n) is 6.02. The van der Waals surface area contributed by atoms with Crippen molar-refractivity contribution >= 4 is 34.8 Å². The lowest BCUT2D eigenvalue weighted by Crippen LogP contribution is -2.15. The summed E-state index contributed by atoms with van der Waals surface area (Å²) in [6.45, 7) is 0. The molecule has 0 spiro atoms. The van der Waals surface area contributed by atoms with E-state index in [2.05, 4.69) is 20.7 Å². The molecule has 152 valence electrons. The monoisotopic (exact) mass is 423 g/mol. The van der Waals surface area contributed by atoms with Gasteiger partial charge in [0, 0.05) is 22.5 Å². The molecule has 0 atom stereocenters. The molecule has 0 unspecified atom stereocenters. The molecule has 3 rings (SSSR count). The van der Waals surface area contributed by atoms with Gasteiger partial charge in [-0.25, -0.2) is 0 Å². The van der Waals surface area contributed by atoms with Gasteiger partial charge in [-0.15, -0.1) is 16.4 Å². The van der Waals surface area contributed by atoms with Crippen molar-refractivity contribution in [2.24, 2.45) is 0 Å². The highest BCUT2D eigenvalue weighted by molar-refractivity contribution is 7.09. The van der Waals surface area contributed by atoms with E-state index in [-0.39, 0.29) is 11.5 Å². The molecular formula is C18H16F3N5O2S. The van der Waals surface area contributed by atoms with E-state index in [4.69, 9.17) is 0 Å². The topological polar surface area (TPSA) is 99.8 Å². The summed E-state index contributed by atoms with van der Waals surface area (Å²) in [5, 5.41) is 11.9. The number of aromatic amines is 1. The van der Waals surface area contributed by atoms with Crippen molar-refractivity contribution in [2.75, 3.05) is 10.6 Å². The molecule has 0 aliphatic rings. The quantitative estimate of drug-likeness (QED) is 0.533. The first kappa shape index (κ1) is 20.5. The van der Waals surface area contributed by atoms with Crippen LogP contribution in [0.1, 0.15) is 33.9 Å². The van der Waals surface area contributed by atoms with Gasteiger partial charge in [0.15, 0.2) is 0 Å². The SMILES string of the molecule is O=C(CCCc1cccs1)Nc1cccc(C(=O)Nc2n[nH]c(C(F)(F)F)n2)c1. The third kappa shape index (κ3) is 5.88. The Kier molecular flexibility index (Phi) is 6.27. The van der Waals surface area contributed by atoms with Gasteiger partial charge in [-0.05, 0) is 42.5 Å². The van der Waals surface area contributed by atoms with Crippen LogP contribution in [0.25, 0.3) is 0 Å². The molecule has 3 aromatic rings. The van der Waals surface area contributed by atoms with Crippen molar-refractivity contribution in [3.05, 3.63) is 58.0 Å². The zero-order chi connectivity index (χ0) is 20.9. The first-order valence-electron chi connectivity index (χ1n) is 8.54. The highest BCUT2D eigenvalue weighted by Gasteiger charge is 2.35. The zero-order valence-electron chi connectivity index (χ0n) is 14.9. The molecule has 11 heteroatoms. The van der Waals surface area contributed by atoms with Crippen molar-refractivity contribution in [3.63, 3.8) is 0 Å². The third-order valence-electron chi connectivity index (χ3n) is 3.79. The van der Waals surface area contributed by atoms with Crippen LogP contribution in [0.3, 0.4) is 0 Å². The predicted octanol–water partition coefficient (Wildman–Crippen LogP) is 4.10. The second kappa shape index (κ2) is 8.86. The molecule has 2 amide bonds. The molecule has 0 radical (unpaired) electrons. The number of amides is 2. The molecule has 2 aromatic heterocycles. The zero-order valence-corrected chi connectivity index (χ0v) is 15.7. The summed E-state index contributed by atoms with van der Waals surface area (Å²) < 4.78 is 37.6. The lowest BCUT2D eigenvalue weighted by molar-refractivity contribution is -0.144. The van der Waals surface area contributed by atoms with Crippen LogP contribution in [-0.4, -0.2) is 27.0 Å². The summed E-state index contributed by atoms with van der Waals surface area (Å²) in [4.78, 5) is 28.7. The van der Waals surface area contributed by atoms with E-state index < -0.39 is 23.9 Å². The fourth-order valence-electron chi connectivity index (χ4n) is 2.46. The number of hydrogen-bond donors (Lipinski definition) is 3. The fraction of sp³-hybridized carbons (Fsp3) is 0.222. The van der Waals surface area contributed by atoms with E-state index in [1.807, 2.05) is 17.5 Å². The molecule has 3 N–H and O–H groups in total. The first-order valence-corrected chi connectivity index (χ1v) is 9.42. The Balaban J connectivity index is 1.54. The number of anilines is 2. The number of carbonyl (C=O) groups is 2. The first-order chi connectivity index (χ1) is 13.8. The van der Waals surface area contributed by atoms with E-state index in [9.17, 15) is 22.8 Å². The van der Waals surface area contributed by atoms with Gasteiger partial charge in [0.25, 0.3) is 5.91 Å². The van der Waals surface area contributed by atoms with Crippen LogP contribution in [-0.2, 0) is 17.4 Å². The molecule has 0 aliphatic carbocycles. The number of thiophene rings is 1. The molecule has 2 heterocycles. The minimum atomic E-state index is -4.69. The molecular weight excluding hydrogens is 407 g/mol. The van der Waals surface area contributed by atoms with Crippen LogP contribution < -0.4 is 10.6 Å². The Hall–Kier alpha value is -3.21. The summed E-state index contributed by atoms with van der Waals surface area (Å²) in [7, 11) is 0. The van der Waals surface area contributed by atoms with Gasteiger partial charge in [-0.2, -0.15) is 18.2 Å². The smallest absolute Gasteiger partial charge is 0.326 e. The van der Waals surface area contributed by atoms with Crippen LogP contribution >= 0.6 is 11.3 Å². The second-order valence-corrected chi connectivity index (χ2v) is 7.05. The van der Waals surface area contributed by atoms with Crippen molar-refractivity contribution < 1.29 is 22.8 Å². The van der Waals surface area contributed by atoms with Crippen LogP contribution in [0.4, 0.5) is 24.8 Å². The van der Waals surface area contributed by atoms with Crippen molar-refractivity contribution in [1.29, 1.82) is 0 Å². The number of hydrogen-bond acceptors (Lipinski definition) is 5. The maximum atomic E-state index is 12.5. The fourth-order valence-corrected chi connectivity index (χ4v) is 3.21. The minimum Gasteiger partial charge on any atom is -0.326 e. The average molecular weight is 423 g/mol. The van der Waals surface area contributed by atoms with Crippen molar-refractivity contribution in [2.45, 2.75) is 25.4 Å². The largest absolute Gasteiger partial charge is 0.451 e. The Labute approximate surface area is 167 Å². The maximum Gasteiger partial charge on any atom is 0.451 e. The predicted molar refractivity (Wildman–Crippen MR) is 102 cm³/mol. The summed E-state index contributed by atoms with van der Waals surface area (Å²) in [5.41, 5.74) is 0.546. The number of benzene rings is 1. The Morgan fingerprint density at radius 2 is 1.97 bits per heavy atom. The van der Waals surface area contributed by atoms with Gasteiger partial charge in [-0.3, -0.25) is 20.0 Å². The van der Waals surface area contributed by atoms with E-state index in [0.717, 1.165) is 6.42 Å². The van der Waals surface area contributed by atoms with E-state index in [1.54, 1.807) is 28.6 Å². The molecule has 0 bridgehead atoms. The van der Waals surface area contributed by atoms with E-state index >= 15 is 0 Å². The van der Waals surface area contributed by atoms with Crippen LogP contribution in [0, 0.1) is 0 Å². The Bertz CT molecular complexity index is 986. The number of aryl methyl sites for hydroxylation is 1. The van der Waals surface area contributed by atoms with Crippen LogP contribution in [0.2, 0.25) is 0 Å². The standard InChI is InChI=1S/C18H16F3N5O2S/c19-18(20,21)16-24-17(26-25-16)23-15(28)11-4-1-5-12(10-11)22-14(27)8-2-6-13-7-3-9-29-13/h1,3-5,7,9-10H,2,6,8H2,(H,22,27)(H2,23,24,25,26,28). The number of nitrogens with zero attached hydrogens (tertiary/aromatic N) is 2. The van der Waals surface area contributed by atoms with Gasteiger partial charge in [0.2, 0.25) is 17.7 Å². The molecule has 0 fully saturated rings. The molecule has 0 saturated heterocycles. The summed E-state index contributed by atoms with van der Waals surface area (Å²) in [6.07, 6.45) is -2.86. The normalized spacial score (nSPS) is 11.3. The number of aromatic nitrogens is 3. The highest BCUT2D eigenvalue weighted by atomic mass is 32.1. The van der Waals surface area contributed by atoms with E-state index in [0.29, 0.717) is 18.5 Å². The summed E-state index contributed by atoms with van der Waals surface area (Å²) in [6, 6.07) is 10.0. The molecule has 1 aromatic carbocycles. The number of alkyl halides is 3. The summed E-state index contributed by atoms with van der Waals surface area (Å²) >= 11 is 1.64. The number of carbonyl (C=O) groups excluding carboxylic acids is 2. The van der Waals surface area contributed by atoms with Gasteiger partial charge in [0.1, 0.15) is 0 Å². The number of rotatable bonds is 7.